The second-order valence-corrected chi connectivity index (χ2v) is 13.4. The molecule has 1 atom stereocenters. The van der Waals surface area contributed by atoms with Crippen molar-refractivity contribution in [2.24, 2.45) is 0 Å². The summed E-state index contributed by atoms with van der Waals surface area (Å²) in [7, 11) is 0. The molecular weight excluding hydrogens is 582 g/mol. The average Bonchev–Trinajstić information content (AvgIpc) is 3.43. The number of rotatable bonds is 10. The van der Waals surface area contributed by atoms with Crippen molar-refractivity contribution in [1.82, 2.24) is 0 Å². The Morgan fingerprint density at radius 2 is 1.62 bits per heavy atom. The van der Waals surface area contributed by atoms with Gasteiger partial charge in [0, 0.05) is 53.0 Å². The molecule has 2 aliphatic heterocycles. The van der Waals surface area contributed by atoms with Crippen LogP contribution in [0.15, 0.2) is 103 Å². The number of nitro benzene ring substituents is 1. The van der Waals surface area contributed by atoms with E-state index in [2.05, 4.69) is 136 Å². The molecular formula is C41H44N3O3+. The molecule has 0 aromatic heterocycles. The molecule has 6 nitrogen and oxygen atoms in total. The lowest BCUT2D eigenvalue weighted by atomic mass is 9.80. The molecule has 0 radical (unpaired) electrons. The third-order valence-electron chi connectivity index (χ3n) is 9.88. The van der Waals surface area contributed by atoms with E-state index >= 15 is 0 Å². The fraction of sp³-hybridized carbons (Fsp3) is 0.293. The van der Waals surface area contributed by atoms with E-state index < -0.39 is 0 Å². The second kappa shape index (κ2) is 12.7. The Balaban J connectivity index is 1.35. The van der Waals surface area contributed by atoms with Crippen molar-refractivity contribution < 1.29 is 14.2 Å². The molecule has 0 spiro atoms. The first kappa shape index (κ1) is 32.0. The molecule has 2 heterocycles. The number of nitro groups is 1. The minimum Gasteiger partial charge on any atom is -0.488 e. The Hall–Kier alpha value is -4.97. The van der Waals surface area contributed by atoms with Gasteiger partial charge in [-0.25, -0.2) is 0 Å². The lowest BCUT2D eigenvalue weighted by Crippen LogP contribution is -2.39. The molecule has 6 heteroatoms. The van der Waals surface area contributed by atoms with Gasteiger partial charge >= 0.3 is 0 Å². The molecule has 0 fully saturated rings. The molecule has 4 aromatic carbocycles. The smallest absolute Gasteiger partial charge is 0.269 e. The topological polar surface area (TPSA) is 58.6 Å². The van der Waals surface area contributed by atoms with Crippen LogP contribution in [0.4, 0.5) is 17.1 Å². The van der Waals surface area contributed by atoms with Gasteiger partial charge in [-0.05, 0) is 68.7 Å². The van der Waals surface area contributed by atoms with Crippen molar-refractivity contribution in [1.29, 1.82) is 0 Å². The Morgan fingerprint density at radius 1 is 0.872 bits per heavy atom. The van der Waals surface area contributed by atoms with E-state index in [1.165, 1.54) is 34.3 Å². The first-order chi connectivity index (χ1) is 22.6. The van der Waals surface area contributed by atoms with Crippen LogP contribution in [0.2, 0.25) is 0 Å². The lowest BCUT2D eigenvalue weighted by molar-refractivity contribution is -0.433. The largest absolute Gasteiger partial charge is 0.488 e. The van der Waals surface area contributed by atoms with Gasteiger partial charge in [-0.2, -0.15) is 4.58 Å². The predicted octanol–water partition coefficient (Wildman–Crippen LogP) is 9.48. The van der Waals surface area contributed by atoms with Crippen LogP contribution < -0.4 is 9.64 Å². The highest BCUT2D eigenvalue weighted by Crippen LogP contribution is 2.46. The lowest BCUT2D eigenvalue weighted by Gasteiger charge is -2.31. The fourth-order valence-corrected chi connectivity index (χ4v) is 7.38. The van der Waals surface area contributed by atoms with Crippen LogP contribution in [0.1, 0.15) is 69.4 Å². The van der Waals surface area contributed by atoms with E-state index in [-0.39, 0.29) is 34.1 Å². The molecule has 0 saturated carbocycles. The number of anilines is 1. The molecule has 6 rings (SSSR count). The number of ether oxygens (including phenoxy) is 1. The van der Waals surface area contributed by atoms with E-state index in [9.17, 15) is 10.1 Å². The minimum absolute atomic E-state index is 0.0602. The monoisotopic (exact) mass is 626 g/mol. The summed E-state index contributed by atoms with van der Waals surface area (Å²) in [6.45, 7) is 15.6. The van der Waals surface area contributed by atoms with Gasteiger partial charge in [0.2, 0.25) is 5.69 Å². The zero-order chi connectivity index (χ0) is 33.3. The number of para-hydroxylation sites is 2. The van der Waals surface area contributed by atoms with E-state index in [1.807, 2.05) is 12.1 Å². The van der Waals surface area contributed by atoms with E-state index in [0.29, 0.717) is 0 Å². The van der Waals surface area contributed by atoms with Gasteiger partial charge in [0.15, 0.2) is 5.71 Å². The molecule has 0 bridgehead atoms. The molecule has 0 amide bonds. The van der Waals surface area contributed by atoms with Crippen molar-refractivity contribution in [3.8, 4) is 5.75 Å². The number of allylic oxidation sites excluding steroid dienone is 1. The van der Waals surface area contributed by atoms with Crippen LogP contribution in [0.25, 0.3) is 12.2 Å². The van der Waals surface area contributed by atoms with Crippen LogP contribution >= 0.6 is 0 Å². The Bertz CT molecular complexity index is 1920. The Labute approximate surface area is 278 Å². The summed E-state index contributed by atoms with van der Waals surface area (Å²) >= 11 is 0. The maximum atomic E-state index is 11.4. The Kier molecular flexibility index (Phi) is 8.63. The number of non-ortho nitro benzene ring substituents is 1. The third kappa shape index (κ3) is 5.89. The normalized spacial score (nSPS) is 17.8. The van der Waals surface area contributed by atoms with Gasteiger partial charge in [0.05, 0.1) is 16.4 Å². The number of nitrogens with zero attached hydrogens (tertiary/aromatic N) is 3. The van der Waals surface area contributed by atoms with Crippen molar-refractivity contribution in [2.75, 3.05) is 18.0 Å². The zero-order valence-electron chi connectivity index (χ0n) is 28.2. The molecule has 0 saturated heterocycles. The van der Waals surface area contributed by atoms with Gasteiger partial charge in [-0.3, -0.25) is 10.1 Å². The van der Waals surface area contributed by atoms with Crippen molar-refractivity contribution in [3.05, 3.63) is 141 Å². The molecule has 4 aromatic rings. The highest BCUT2D eigenvalue weighted by molar-refractivity contribution is 6.05. The first-order valence-corrected chi connectivity index (χ1v) is 16.5. The summed E-state index contributed by atoms with van der Waals surface area (Å²) in [4.78, 5) is 13.5. The maximum Gasteiger partial charge on any atom is 0.269 e. The summed E-state index contributed by atoms with van der Waals surface area (Å²) in [5.41, 5.74) is 9.19. The highest BCUT2D eigenvalue weighted by atomic mass is 16.6. The van der Waals surface area contributed by atoms with Crippen LogP contribution in [0, 0.1) is 10.1 Å². The summed E-state index contributed by atoms with van der Waals surface area (Å²) in [6.07, 6.45) is 8.94. The molecule has 1 unspecified atom stereocenters. The summed E-state index contributed by atoms with van der Waals surface area (Å²) in [5.74, 6) is 0.734. The minimum atomic E-state index is -0.374. The summed E-state index contributed by atoms with van der Waals surface area (Å²) in [6, 6.07) is 30.4. The predicted molar refractivity (Wildman–Crippen MR) is 193 cm³/mol. The quantitative estimate of drug-likeness (QED) is 0.1000. The number of hydrogen-bond acceptors (Lipinski definition) is 4. The first-order valence-electron chi connectivity index (χ1n) is 16.5. The van der Waals surface area contributed by atoms with Crippen LogP contribution in [-0.4, -0.2) is 34.3 Å². The highest BCUT2D eigenvalue weighted by Gasteiger charge is 2.44. The van der Waals surface area contributed by atoms with Gasteiger partial charge in [-0.1, -0.05) is 80.6 Å². The van der Waals surface area contributed by atoms with E-state index in [0.717, 1.165) is 35.5 Å². The fourth-order valence-electron chi connectivity index (χ4n) is 7.38. The Morgan fingerprint density at radius 3 is 2.36 bits per heavy atom. The van der Waals surface area contributed by atoms with Crippen molar-refractivity contribution in [2.45, 2.75) is 65.0 Å². The van der Waals surface area contributed by atoms with E-state index in [4.69, 9.17) is 4.74 Å². The molecule has 0 N–H and O–H groups in total. The molecule has 240 valence electrons. The summed E-state index contributed by atoms with van der Waals surface area (Å²) in [5, 5.41) is 11.4. The summed E-state index contributed by atoms with van der Waals surface area (Å²) < 4.78 is 8.76. The average molecular weight is 627 g/mol. The molecule has 47 heavy (non-hydrogen) atoms. The molecule has 2 aliphatic rings. The number of hydrogen-bond donors (Lipinski definition) is 0. The van der Waals surface area contributed by atoms with Gasteiger partial charge < -0.3 is 9.64 Å². The van der Waals surface area contributed by atoms with Crippen LogP contribution in [-0.2, 0) is 17.4 Å². The van der Waals surface area contributed by atoms with Gasteiger partial charge in [0.1, 0.15) is 18.9 Å². The standard InChI is InChI=1S/C41H44N3O3/c1-7-42-35-18-11-9-16-33(35)40(3,4)38(42)24-21-29-20-23-37(47-28-30-14-13-15-32(27-30)44(45)46)31(26-29)22-25-39-41(5,6)34-17-10-12-19-36(34)43(39)8-2/h9-27,39H,7-8,28H2,1-6H3/q+1/b24-21+,25-22+. The SMILES string of the molecule is CCN1c2ccccc2C(C)(C)C1/C=C/c1cc(/C=C/C2=[N+](CC)c3ccccc3C2(C)C)ccc1OCc1cccc([N+](=O)[O-])c1. The van der Waals surface area contributed by atoms with Crippen molar-refractivity contribution >= 4 is 34.9 Å². The van der Waals surface area contributed by atoms with Crippen molar-refractivity contribution in [3.63, 3.8) is 0 Å². The third-order valence-corrected chi connectivity index (χ3v) is 9.88. The van der Waals surface area contributed by atoms with Gasteiger partial charge in [0.25, 0.3) is 5.69 Å². The molecule has 0 aliphatic carbocycles. The van der Waals surface area contributed by atoms with E-state index in [1.54, 1.807) is 12.1 Å². The second-order valence-electron chi connectivity index (χ2n) is 13.4. The maximum absolute atomic E-state index is 11.4. The zero-order valence-corrected chi connectivity index (χ0v) is 28.2. The number of benzene rings is 4. The van der Waals surface area contributed by atoms with Crippen LogP contribution in [0.5, 0.6) is 5.75 Å². The van der Waals surface area contributed by atoms with Crippen LogP contribution in [0.3, 0.4) is 0 Å². The number of likely N-dealkylation sites (N-methyl/N-ethyl adjacent to an activating group) is 1. The van der Waals surface area contributed by atoms with Gasteiger partial charge in [-0.15, -0.1) is 0 Å². The number of fused-ring (bicyclic) bond motifs is 2.